The lowest BCUT2D eigenvalue weighted by atomic mass is 9.83. The van der Waals surface area contributed by atoms with Crippen LogP contribution in [0.3, 0.4) is 0 Å². The Morgan fingerprint density at radius 2 is 1.94 bits per heavy atom. The molecule has 0 aromatic rings. The van der Waals surface area contributed by atoms with Crippen molar-refractivity contribution < 1.29 is 4.79 Å². The number of carbonyl (C=O) groups excluding carboxylic acids is 1. The minimum absolute atomic E-state index is 0.181. The van der Waals surface area contributed by atoms with Gasteiger partial charge in [0.15, 0.2) is 0 Å². The third kappa shape index (κ3) is 4.97. The molecule has 0 aromatic heterocycles. The lowest BCUT2D eigenvalue weighted by molar-refractivity contribution is -0.125. The molecule has 0 radical (unpaired) electrons. The Morgan fingerprint density at radius 3 is 2.56 bits per heavy atom. The van der Waals surface area contributed by atoms with Crippen LogP contribution in [0.25, 0.3) is 0 Å². The van der Waals surface area contributed by atoms with Crippen LogP contribution in [0, 0.1) is 11.8 Å². The molecule has 0 heterocycles. The molecule has 2 N–H and O–H groups in total. The normalized spacial score (nSPS) is 19.4. The van der Waals surface area contributed by atoms with Gasteiger partial charge in [0.2, 0.25) is 5.91 Å². The highest BCUT2D eigenvalue weighted by atomic mass is 16.1. The monoisotopic (exact) mass is 226 g/mol. The average Bonchev–Trinajstić information content (AvgIpc) is 2.30. The van der Waals surface area contributed by atoms with Crippen LogP contribution in [0.2, 0.25) is 0 Å². The maximum absolute atomic E-state index is 11.8. The van der Waals surface area contributed by atoms with E-state index in [2.05, 4.69) is 17.6 Å². The molecule has 1 fully saturated rings. The van der Waals surface area contributed by atoms with Crippen molar-refractivity contribution in [3.05, 3.63) is 0 Å². The second-order valence-corrected chi connectivity index (χ2v) is 5.04. The third-order valence-corrected chi connectivity index (χ3v) is 3.53. The largest absolute Gasteiger partial charge is 0.355 e. The molecule has 0 aromatic carbocycles. The Morgan fingerprint density at radius 1 is 1.25 bits per heavy atom. The number of hydrogen-bond acceptors (Lipinski definition) is 2. The highest BCUT2D eigenvalue weighted by Crippen LogP contribution is 2.28. The predicted molar refractivity (Wildman–Crippen MR) is 67.3 cm³/mol. The molecule has 0 aliphatic heterocycles. The molecule has 0 spiro atoms. The van der Waals surface area contributed by atoms with E-state index in [0.29, 0.717) is 0 Å². The fourth-order valence-corrected chi connectivity index (χ4v) is 2.51. The van der Waals surface area contributed by atoms with Crippen LogP contribution in [-0.4, -0.2) is 26.0 Å². The van der Waals surface area contributed by atoms with E-state index in [-0.39, 0.29) is 11.8 Å². The smallest absolute Gasteiger partial charge is 0.222 e. The average molecular weight is 226 g/mol. The summed E-state index contributed by atoms with van der Waals surface area (Å²) in [6.45, 7) is 3.65. The molecule has 1 rings (SSSR count). The van der Waals surface area contributed by atoms with Gasteiger partial charge in [-0.3, -0.25) is 4.79 Å². The Balaban J connectivity index is 2.16. The van der Waals surface area contributed by atoms with Gasteiger partial charge in [-0.05, 0) is 19.4 Å². The minimum Gasteiger partial charge on any atom is -0.355 e. The molecule has 1 saturated carbocycles. The molecule has 0 saturated heterocycles. The van der Waals surface area contributed by atoms with Gasteiger partial charge in [0, 0.05) is 19.0 Å². The maximum atomic E-state index is 11.8. The van der Waals surface area contributed by atoms with Gasteiger partial charge in [-0.1, -0.05) is 39.0 Å². The zero-order chi connectivity index (χ0) is 11.8. The van der Waals surface area contributed by atoms with Gasteiger partial charge in [-0.2, -0.15) is 0 Å². The Labute approximate surface area is 99.4 Å². The number of likely N-dealkylation sites (N-methyl/N-ethyl adjacent to an activating group) is 1. The fourth-order valence-electron chi connectivity index (χ4n) is 2.51. The topological polar surface area (TPSA) is 41.1 Å². The quantitative estimate of drug-likeness (QED) is 0.679. The summed E-state index contributed by atoms with van der Waals surface area (Å²) in [5.74, 6) is 1.19. The van der Waals surface area contributed by atoms with Crippen LogP contribution in [-0.2, 0) is 4.79 Å². The summed E-state index contributed by atoms with van der Waals surface area (Å²) in [4.78, 5) is 11.8. The van der Waals surface area contributed by atoms with Gasteiger partial charge in [-0.25, -0.2) is 0 Å². The molecular weight excluding hydrogens is 200 g/mol. The maximum Gasteiger partial charge on any atom is 0.222 e. The zero-order valence-electron chi connectivity index (χ0n) is 10.7. The molecule has 3 heteroatoms. The molecular formula is C13H26N2O. The van der Waals surface area contributed by atoms with Crippen molar-refractivity contribution in [2.75, 3.05) is 20.1 Å². The van der Waals surface area contributed by atoms with Gasteiger partial charge in [0.1, 0.15) is 0 Å². The first-order valence-corrected chi connectivity index (χ1v) is 6.66. The molecule has 3 nitrogen and oxygen atoms in total. The molecule has 1 amide bonds. The van der Waals surface area contributed by atoms with E-state index in [1.54, 1.807) is 0 Å². The van der Waals surface area contributed by atoms with Crippen LogP contribution in [0.15, 0.2) is 0 Å². The van der Waals surface area contributed by atoms with Crippen LogP contribution >= 0.6 is 0 Å². The molecule has 1 unspecified atom stereocenters. The van der Waals surface area contributed by atoms with Crippen molar-refractivity contribution in [3.8, 4) is 0 Å². The molecule has 16 heavy (non-hydrogen) atoms. The van der Waals surface area contributed by atoms with Crippen molar-refractivity contribution in [1.82, 2.24) is 10.6 Å². The van der Waals surface area contributed by atoms with Crippen LogP contribution in [0.4, 0.5) is 0 Å². The first-order valence-electron chi connectivity index (χ1n) is 6.66. The van der Waals surface area contributed by atoms with Gasteiger partial charge < -0.3 is 10.6 Å². The van der Waals surface area contributed by atoms with Crippen molar-refractivity contribution in [1.29, 1.82) is 0 Å². The SMILES string of the molecule is CNCCNC(=O)C(C)CC1CCCCC1. The van der Waals surface area contributed by atoms with Gasteiger partial charge in [-0.15, -0.1) is 0 Å². The summed E-state index contributed by atoms with van der Waals surface area (Å²) in [5, 5.41) is 6.00. The second kappa shape index (κ2) is 7.66. The number of nitrogens with one attached hydrogen (secondary N) is 2. The lowest BCUT2D eigenvalue weighted by Gasteiger charge is -2.24. The highest BCUT2D eigenvalue weighted by molar-refractivity contribution is 5.78. The molecule has 94 valence electrons. The summed E-state index contributed by atoms with van der Waals surface area (Å²) in [7, 11) is 1.90. The minimum atomic E-state index is 0.181. The number of carbonyl (C=O) groups is 1. The van der Waals surface area contributed by atoms with Gasteiger partial charge in [0.05, 0.1) is 0 Å². The summed E-state index contributed by atoms with van der Waals surface area (Å²) >= 11 is 0. The van der Waals surface area contributed by atoms with Crippen molar-refractivity contribution >= 4 is 5.91 Å². The van der Waals surface area contributed by atoms with E-state index >= 15 is 0 Å². The standard InChI is InChI=1S/C13H26N2O/c1-11(13(16)15-9-8-14-2)10-12-6-4-3-5-7-12/h11-12,14H,3-10H2,1-2H3,(H,15,16). The summed E-state index contributed by atoms with van der Waals surface area (Å²) in [6, 6.07) is 0. The molecule has 0 bridgehead atoms. The molecule has 1 aliphatic rings. The fraction of sp³-hybridized carbons (Fsp3) is 0.923. The van der Waals surface area contributed by atoms with Crippen LogP contribution < -0.4 is 10.6 Å². The third-order valence-electron chi connectivity index (χ3n) is 3.53. The summed E-state index contributed by atoms with van der Waals surface area (Å²) in [5.41, 5.74) is 0. The first-order chi connectivity index (χ1) is 7.74. The molecule has 1 atom stereocenters. The van der Waals surface area contributed by atoms with E-state index in [4.69, 9.17) is 0 Å². The van der Waals surface area contributed by atoms with Crippen molar-refractivity contribution in [3.63, 3.8) is 0 Å². The highest BCUT2D eigenvalue weighted by Gasteiger charge is 2.20. The van der Waals surface area contributed by atoms with E-state index in [9.17, 15) is 4.79 Å². The summed E-state index contributed by atoms with van der Waals surface area (Å²) in [6.07, 6.45) is 7.84. The van der Waals surface area contributed by atoms with E-state index in [1.165, 1.54) is 32.1 Å². The molecule has 1 aliphatic carbocycles. The Bertz CT molecular complexity index is 200. The summed E-state index contributed by atoms with van der Waals surface area (Å²) < 4.78 is 0. The number of rotatable bonds is 6. The lowest BCUT2D eigenvalue weighted by Crippen LogP contribution is -2.35. The number of amides is 1. The van der Waals surface area contributed by atoms with E-state index in [0.717, 1.165) is 25.4 Å². The van der Waals surface area contributed by atoms with Gasteiger partial charge in [0.25, 0.3) is 0 Å². The van der Waals surface area contributed by atoms with Crippen LogP contribution in [0.5, 0.6) is 0 Å². The number of hydrogen-bond donors (Lipinski definition) is 2. The second-order valence-electron chi connectivity index (χ2n) is 5.04. The van der Waals surface area contributed by atoms with Crippen LogP contribution in [0.1, 0.15) is 45.4 Å². The Kier molecular flexibility index (Phi) is 6.46. The van der Waals surface area contributed by atoms with Crippen molar-refractivity contribution in [2.24, 2.45) is 11.8 Å². The first kappa shape index (κ1) is 13.5. The van der Waals surface area contributed by atoms with E-state index in [1.807, 2.05) is 7.05 Å². The zero-order valence-corrected chi connectivity index (χ0v) is 10.7. The predicted octanol–water partition coefficient (Wildman–Crippen LogP) is 1.93. The van der Waals surface area contributed by atoms with Gasteiger partial charge >= 0.3 is 0 Å². The van der Waals surface area contributed by atoms with E-state index < -0.39 is 0 Å². The van der Waals surface area contributed by atoms with Crippen molar-refractivity contribution in [2.45, 2.75) is 45.4 Å². The Hall–Kier alpha value is -0.570.